The molecule has 6 nitrogen and oxygen atoms in total. The number of nitrogens with zero attached hydrogens (tertiary/aromatic N) is 1. The van der Waals surface area contributed by atoms with Gasteiger partial charge in [0.15, 0.2) is 0 Å². The van der Waals surface area contributed by atoms with Gasteiger partial charge in [0.1, 0.15) is 12.1 Å². The number of hydrogen-bond donors (Lipinski definition) is 0. The van der Waals surface area contributed by atoms with E-state index in [4.69, 9.17) is 13.8 Å². The van der Waals surface area contributed by atoms with Crippen LogP contribution < -0.4 is 0 Å². The van der Waals surface area contributed by atoms with Crippen molar-refractivity contribution in [3.8, 4) is 0 Å². The Balaban J connectivity index is 4.75. The Morgan fingerprint density at radius 1 is 1.23 bits per heavy atom. The maximum atomic E-state index is 12.7. The smallest absolute Gasteiger partial charge is 0.417 e. The number of ether oxygens (including phenoxy) is 1. The molecule has 0 aliphatic rings. The van der Waals surface area contributed by atoms with E-state index in [1.54, 1.807) is 6.92 Å². The predicted molar refractivity (Wildman–Crippen MR) is 95.8 cm³/mol. The molecule has 0 aromatic carbocycles. The van der Waals surface area contributed by atoms with E-state index in [0.717, 1.165) is 19.3 Å². The Morgan fingerprint density at radius 2 is 1.77 bits per heavy atom. The van der Waals surface area contributed by atoms with Crippen molar-refractivity contribution >= 4 is 36.6 Å². The van der Waals surface area contributed by atoms with E-state index in [1.165, 1.54) is 9.99 Å². The van der Waals surface area contributed by atoms with Crippen molar-refractivity contribution < 1.29 is 23.1 Å². The fraction of sp³-hybridized carbons (Fsp3) is 0.929. The zero-order valence-electron chi connectivity index (χ0n) is 14.4. The molecule has 0 aliphatic heterocycles. The van der Waals surface area contributed by atoms with Crippen molar-refractivity contribution in [2.75, 3.05) is 13.7 Å². The van der Waals surface area contributed by atoms with Gasteiger partial charge in [-0.1, -0.05) is 27.7 Å². The summed E-state index contributed by atoms with van der Waals surface area (Å²) in [5.74, 6) is 0.0121. The predicted octanol–water partition coefficient (Wildman–Crippen LogP) is 4.58. The summed E-state index contributed by atoms with van der Waals surface area (Å²) in [6, 6.07) is -0.717. The van der Waals surface area contributed by atoms with Crippen molar-refractivity contribution in [1.82, 2.24) is 2.88 Å². The highest BCUT2D eigenvalue weighted by molar-refractivity contribution is 14.1. The van der Waals surface area contributed by atoms with Crippen LogP contribution in [-0.2, 0) is 23.1 Å². The van der Waals surface area contributed by atoms with Crippen molar-refractivity contribution in [3.63, 3.8) is 0 Å². The third-order valence-electron chi connectivity index (χ3n) is 3.27. The Kier molecular flexibility index (Phi) is 11.1. The number of carbonyl (C=O) groups is 1. The Hall–Kier alpha value is 0.310. The van der Waals surface area contributed by atoms with Crippen LogP contribution >= 0.6 is 30.6 Å². The molecule has 0 N–H and O–H groups in total. The van der Waals surface area contributed by atoms with Crippen LogP contribution in [0.15, 0.2) is 0 Å². The first kappa shape index (κ1) is 22.3. The number of carbonyl (C=O) groups excluding carboxylic acids is 1. The maximum Gasteiger partial charge on any atom is 0.417 e. The van der Waals surface area contributed by atoms with Crippen LogP contribution in [-0.4, -0.2) is 34.7 Å². The van der Waals surface area contributed by atoms with Crippen LogP contribution in [0, 0.1) is 5.92 Å². The summed E-state index contributed by atoms with van der Waals surface area (Å²) in [5, 5.41) is 0. The molecular formula is C14H29INO5P. The maximum absolute atomic E-state index is 12.7. The van der Waals surface area contributed by atoms with Gasteiger partial charge in [0.25, 0.3) is 0 Å². The summed E-state index contributed by atoms with van der Waals surface area (Å²) in [4.78, 5) is 12.2. The Morgan fingerprint density at radius 3 is 2.18 bits per heavy atom. The monoisotopic (exact) mass is 449 g/mol. The van der Waals surface area contributed by atoms with Gasteiger partial charge in [-0.15, -0.1) is 2.88 Å². The first-order valence-electron chi connectivity index (χ1n) is 7.68. The van der Waals surface area contributed by atoms with Crippen LogP contribution in [0.2, 0.25) is 0 Å². The first-order chi connectivity index (χ1) is 10.2. The Labute approximate surface area is 148 Å². The minimum atomic E-state index is -3.50. The molecule has 0 aromatic heterocycles. The normalized spacial score (nSPS) is 16.1. The molecule has 0 rings (SSSR count). The van der Waals surface area contributed by atoms with Crippen LogP contribution in [0.25, 0.3) is 0 Å². The minimum Gasteiger partial charge on any atom is -0.461 e. The van der Waals surface area contributed by atoms with Gasteiger partial charge < -0.3 is 4.74 Å². The topological polar surface area (TPSA) is 65.1 Å². The molecule has 0 bridgehead atoms. The molecule has 2 atom stereocenters. The van der Waals surface area contributed by atoms with Crippen LogP contribution in [0.4, 0.5) is 0 Å². The molecule has 0 spiro atoms. The molecule has 0 aromatic rings. The van der Waals surface area contributed by atoms with Gasteiger partial charge in [0.05, 0.1) is 6.61 Å². The standard InChI is InChI=1S/C14H29INO5P/c1-7-13(8-2)21-14(17)12(5)16(15)22(18,19-6)20-10-9-11(3)4/h11-13H,7-10H2,1-6H3. The van der Waals surface area contributed by atoms with Crippen molar-refractivity contribution in [2.24, 2.45) is 5.92 Å². The summed E-state index contributed by atoms with van der Waals surface area (Å²) < 4.78 is 29.9. The summed E-state index contributed by atoms with van der Waals surface area (Å²) in [5.41, 5.74) is 0. The lowest BCUT2D eigenvalue weighted by molar-refractivity contribution is -0.152. The lowest BCUT2D eigenvalue weighted by Gasteiger charge is -2.28. The van der Waals surface area contributed by atoms with E-state index in [0.29, 0.717) is 12.5 Å². The SMILES string of the molecule is CCC(CC)OC(=O)C(C)N(I)P(=O)(OC)OCCC(C)C. The molecule has 0 heterocycles. The van der Waals surface area contributed by atoms with Crippen molar-refractivity contribution in [3.05, 3.63) is 0 Å². The van der Waals surface area contributed by atoms with Crippen LogP contribution in [0.5, 0.6) is 0 Å². The van der Waals surface area contributed by atoms with E-state index in [2.05, 4.69) is 13.8 Å². The molecule has 0 saturated carbocycles. The molecule has 0 amide bonds. The first-order valence-corrected chi connectivity index (χ1v) is 10.1. The second-order valence-electron chi connectivity index (χ2n) is 5.51. The second kappa shape index (κ2) is 11.0. The highest BCUT2D eigenvalue weighted by Crippen LogP contribution is 2.55. The highest BCUT2D eigenvalue weighted by atomic mass is 127. The van der Waals surface area contributed by atoms with E-state index in [1.807, 2.05) is 36.7 Å². The number of halogens is 1. The molecule has 22 heavy (non-hydrogen) atoms. The molecular weight excluding hydrogens is 420 g/mol. The number of rotatable bonds is 11. The molecule has 2 unspecified atom stereocenters. The largest absolute Gasteiger partial charge is 0.461 e. The molecule has 0 aliphatic carbocycles. The Bertz CT molecular complexity index is 376. The van der Waals surface area contributed by atoms with Gasteiger partial charge in [0.2, 0.25) is 0 Å². The fourth-order valence-electron chi connectivity index (χ4n) is 1.61. The summed E-state index contributed by atoms with van der Waals surface area (Å²) in [7, 11) is -2.18. The number of hydrogen-bond acceptors (Lipinski definition) is 5. The zero-order valence-corrected chi connectivity index (χ0v) is 17.4. The second-order valence-corrected chi connectivity index (χ2v) is 9.30. The molecule has 132 valence electrons. The van der Waals surface area contributed by atoms with E-state index >= 15 is 0 Å². The van der Waals surface area contributed by atoms with Gasteiger partial charge in [-0.05, 0) is 32.1 Å². The lowest BCUT2D eigenvalue weighted by Crippen LogP contribution is -2.34. The minimum absolute atomic E-state index is 0.122. The lowest BCUT2D eigenvalue weighted by atomic mass is 10.2. The highest BCUT2D eigenvalue weighted by Gasteiger charge is 2.39. The summed E-state index contributed by atoms with van der Waals surface area (Å²) in [6.07, 6.45) is 2.15. The average molecular weight is 449 g/mol. The molecule has 0 fully saturated rings. The van der Waals surface area contributed by atoms with Crippen molar-refractivity contribution in [1.29, 1.82) is 0 Å². The zero-order chi connectivity index (χ0) is 17.3. The van der Waals surface area contributed by atoms with Crippen molar-refractivity contribution in [2.45, 2.75) is 66.0 Å². The van der Waals surface area contributed by atoms with E-state index < -0.39 is 19.8 Å². The van der Waals surface area contributed by atoms with Gasteiger partial charge in [-0.2, -0.15) is 0 Å². The molecule has 0 saturated heterocycles. The molecule has 8 heteroatoms. The third-order valence-corrected chi connectivity index (χ3v) is 7.47. The molecule has 0 radical (unpaired) electrons. The van der Waals surface area contributed by atoms with Gasteiger partial charge >= 0.3 is 13.7 Å². The van der Waals surface area contributed by atoms with Gasteiger partial charge in [-0.3, -0.25) is 13.8 Å². The summed E-state index contributed by atoms with van der Waals surface area (Å²) in [6.45, 7) is 9.98. The van der Waals surface area contributed by atoms with Crippen LogP contribution in [0.3, 0.4) is 0 Å². The third kappa shape index (κ3) is 7.25. The average Bonchev–Trinajstić information content (AvgIpc) is 2.50. The van der Waals surface area contributed by atoms with Crippen LogP contribution in [0.1, 0.15) is 53.9 Å². The fourth-order valence-corrected chi connectivity index (χ4v) is 3.96. The van der Waals surface area contributed by atoms with Gasteiger partial charge in [0, 0.05) is 30.0 Å². The number of esters is 1. The quantitative estimate of drug-likeness (QED) is 0.199. The van der Waals surface area contributed by atoms with E-state index in [9.17, 15) is 9.36 Å². The van der Waals surface area contributed by atoms with E-state index in [-0.39, 0.29) is 6.10 Å². The van der Waals surface area contributed by atoms with Gasteiger partial charge in [-0.25, -0.2) is 4.57 Å². The summed E-state index contributed by atoms with van der Waals surface area (Å²) >= 11 is 1.81.